The molecule has 0 radical (unpaired) electrons. The van der Waals surface area contributed by atoms with Gasteiger partial charge in [0.2, 0.25) is 5.89 Å². The Morgan fingerprint density at radius 2 is 1.59 bits per heavy atom. The second-order valence-electron chi connectivity index (χ2n) is 6.51. The van der Waals surface area contributed by atoms with E-state index >= 15 is 0 Å². The van der Waals surface area contributed by atoms with Gasteiger partial charge in [0, 0.05) is 11.1 Å². The number of nitrogens with two attached hydrogens (primary N) is 1. The van der Waals surface area contributed by atoms with Gasteiger partial charge < -0.3 is 10.2 Å². The van der Waals surface area contributed by atoms with E-state index in [1.54, 1.807) is 6.20 Å². The number of benzene rings is 2. The molecule has 2 aromatic heterocycles. The average Bonchev–Trinajstić information content (AvgIpc) is 3.19. The smallest absolute Gasteiger partial charge is 0.270 e. The molecule has 0 amide bonds. The van der Waals surface area contributed by atoms with Crippen molar-refractivity contribution in [3.05, 3.63) is 66.4 Å². The van der Waals surface area contributed by atoms with Crippen LogP contribution in [0.25, 0.3) is 34.3 Å². The molecule has 0 fully saturated rings. The lowest BCUT2D eigenvalue weighted by Crippen LogP contribution is -2.01. The van der Waals surface area contributed by atoms with Crippen LogP contribution in [0.3, 0.4) is 0 Å². The molecule has 0 spiro atoms. The van der Waals surface area contributed by atoms with Gasteiger partial charge in [-0.1, -0.05) is 56.3 Å². The molecule has 0 saturated heterocycles. The summed E-state index contributed by atoms with van der Waals surface area (Å²) < 4.78 is 5.80. The SMILES string of the molecule is CC(C)c1ccccc1-c1cnc(N)c(-c2nnc(-c3ccccc3)o2)n1. The van der Waals surface area contributed by atoms with Gasteiger partial charge >= 0.3 is 0 Å². The van der Waals surface area contributed by atoms with E-state index in [4.69, 9.17) is 10.2 Å². The predicted octanol–water partition coefficient (Wildman–Crippen LogP) is 4.57. The third-order valence-electron chi connectivity index (χ3n) is 4.31. The van der Waals surface area contributed by atoms with Gasteiger partial charge in [0.25, 0.3) is 5.89 Å². The number of hydrogen-bond donors (Lipinski definition) is 1. The molecular formula is C21H19N5O. The summed E-state index contributed by atoms with van der Waals surface area (Å²) in [5, 5.41) is 8.23. The molecule has 0 aliphatic heterocycles. The fraction of sp³-hybridized carbons (Fsp3) is 0.143. The van der Waals surface area contributed by atoms with E-state index < -0.39 is 0 Å². The van der Waals surface area contributed by atoms with Crippen molar-refractivity contribution >= 4 is 5.82 Å². The highest BCUT2D eigenvalue weighted by Crippen LogP contribution is 2.31. The zero-order valence-electron chi connectivity index (χ0n) is 15.1. The third-order valence-corrected chi connectivity index (χ3v) is 4.31. The number of nitrogens with zero attached hydrogens (tertiary/aromatic N) is 4. The number of aromatic nitrogens is 4. The van der Waals surface area contributed by atoms with Crippen molar-refractivity contribution in [3.8, 4) is 34.3 Å². The molecular weight excluding hydrogens is 338 g/mol. The molecule has 2 aromatic carbocycles. The largest absolute Gasteiger partial charge is 0.414 e. The van der Waals surface area contributed by atoms with Crippen molar-refractivity contribution in [1.82, 2.24) is 20.2 Å². The molecule has 4 aromatic rings. The summed E-state index contributed by atoms with van der Waals surface area (Å²) in [6.45, 7) is 4.29. The number of rotatable bonds is 4. The minimum atomic E-state index is 0.253. The minimum absolute atomic E-state index is 0.253. The molecule has 0 atom stereocenters. The third kappa shape index (κ3) is 3.29. The van der Waals surface area contributed by atoms with Crippen LogP contribution in [-0.4, -0.2) is 20.2 Å². The van der Waals surface area contributed by atoms with Crippen LogP contribution in [-0.2, 0) is 0 Å². The predicted molar refractivity (Wildman–Crippen MR) is 105 cm³/mol. The Morgan fingerprint density at radius 1 is 0.889 bits per heavy atom. The van der Waals surface area contributed by atoms with Crippen LogP contribution in [0.5, 0.6) is 0 Å². The van der Waals surface area contributed by atoms with Crippen molar-refractivity contribution in [2.24, 2.45) is 0 Å². The van der Waals surface area contributed by atoms with E-state index in [-0.39, 0.29) is 11.7 Å². The van der Waals surface area contributed by atoms with E-state index in [0.717, 1.165) is 16.8 Å². The van der Waals surface area contributed by atoms with Crippen LogP contribution < -0.4 is 5.73 Å². The van der Waals surface area contributed by atoms with Gasteiger partial charge in [0.15, 0.2) is 11.5 Å². The van der Waals surface area contributed by atoms with Crippen molar-refractivity contribution in [1.29, 1.82) is 0 Å². The molecule has 0 saturated carbocycles. The highest BCUT2D eigenvalue weighted by molar-refractivity contribution is 5.70. The maximum atomic E-state index is 6.04. The van der Waals surface area contributed by atoms with Crippen molar-refractivity contribution < 1.29 is 4.42 Å². The summed E-state index contributed by atoms with van der Waals surface area (Å²) in [5.41, 5.74) is 10.2. The van der Waals surface area contributed by atoms with Gasteiger partial charge in [-0.05, 0) is 23.6 Å². The van der Waals surface area contributed by atoms with Gasteiger partial charge in [0.1, 0.15) is 0 Å². The summed E-state index contributed by atoms with van der Waals surface area (Å²) in [7, 11) is 0. The summed E-state index contributed by atoms with van der Waals surface area (Å²) in [4.78, 5) is 8.98. The van der Waals surface area contributed by atoms with Crippen molar-refractivity contribution in [2.45, 2.75) is 19.8 Å². The summed E-state index contributed by atoms with van der Waals surface area (Å²) >= 11 is 0. The second kappa shape index (κ2) is 6.99. The van der Waals surface area contributed by atoms with Crippen LogP contribution in [0.15, 0.2) is 65.2 Å². The molecule has 0 aliphatic carbocycles. The highest BCUT2D eigenvalue weighted by atomic mass is 16.4. The Balaban J connectivity index is 1.78. The molecule has 134 valence electrons. The van der Waals surface area contributed by atoms with Crippen LogP contribution >= 0.6 is 0 Å². The lowest BCUT2D eigenvalue weighted by molar-refractivity contribution is 0.582. The fourth-order valence-corrected chi connectivity index (χ4v) is 2.94. The average molecular weight is 357 g/mol. The monoisotopic (exact) mass is 357 g/mol. The van der Waals surface area contributed by atoms with E-state index in [9.17, 15) is 0 Å². The molecule has 0 aliphatic rings. The summed E-state index contributed by atoms with van der Waals surface area (Å²) in [6.07, 6.45) is 1.68. The van der Waals surface area contributed by atoms with Crippen LogP contribution in [0.2, 0.25) is 0 Å². The van der Waals surface area contributed by atoms with Gasteiger partial charge in [-0.2, -0.15) is 0 Å². The molecule has 4 rings (SSSR count). The maximum Gasteiger partial charge on any atom is 0.270 e. The minimum Gasteiger partial charge on any atom is -0.414 e. The van der Waals surface area contributed by atoms with Crippen LogP contribution in [0.1, 0.15) is 25.3 Å². The Kier molecular flexibility index (Phi) is 4.38. The van der Waals surface area contributed by atoms with Gasteiger partial charge in [0.05, 0.1) is 11.9 Å². The Labute approximate surface area is 157 Å². The zero-order valence-corrected chi connectivity index (χ0v) is 15.1. The van der Waals surface area contributed by atoms with Crippen molar-refractivity contribution in [2.75, 3.05) is 5.73 Å². The lowest BCUT2D eigenvalue weighted by atomic mass is 9.95. The Bertz CT molecular complexity index is 1070. The van der Waals surface area contributed by atoms with E-state index in [1.165, 1.54) is 5.56 Å². The first-order valence-corrected chi connectivity index (χ1v) is 8.74. The molecule has 0 unspecified atom stereocenters. The van der Waals surface area contributed by atoms with Crippen molar-refractivity contribution in [3.63, 3.8) is 0 Å². The topological polar surface area (TPSA) is 90.7 Å². The first kappa shape index (κ1) is 16.9. The number of anilines is 1. The maximum absolute atomic E-state index is 6.04. The first-order chi connectivity index (χ1) is 13.1. The van der Waals surface area contributed by atoms with E-state index in [1.807, 2.05) is 48.5 Å². The Hall–Kier alpha value is -3.54. The zero-order chi connectivity index (χ0) is 18.8. The lowest BCUT2D eigenvalue weighted by Gasteiger charge is -2.12. The van der Waals surface area contributed by atoms with Gasteiger partial charge in [-0.3, -0.25) is 0 Å². The molecule has 2 heterocycles. The molecule has 27 heavy (non-hydrogen) atoms. The van der Waals surface area contributed by atoms with E-state index in [2.05, 4.69) is 40.1 Å². The quantitative estimate of drug-likeness (QED) is 0.575. The molecule has 0 bridgehead atoms. The summed E-state index contributed by atoms with van der Waals surface area (Å²) in [6, 6.07) is 17.7. The van der Waals surface area contributed by atoms with Gasteiger partial charge in [-0.25, -0.2) is 9.97 Å². The Morgan fingerprint density at radius 3 is 2.37 bits per heavy atom. The number of hydrogen-bond acceptors (Lipinski definition) is 6. The standard InChI is InChI=1S/C21H19N5O/c1-13(2)15-10-6-7-11-16(15)17-12-23-19(22)18(24-17)21-26-25-20(27-21)14-8-4-3-5-9-14/h3-13H,1-2H3,(H2,22,23). The van der Waals surface area contributed by atoms with Crippen LogP contribution in [0, 0.1) is 0 Å². The summed E-state index contributed by atoms with van der Waals surface area (Å²) in [5.74, 6) is 1.28. The normalized spacial score (nSPS) is 11.1. The van der Waals surface area contributed by atoms with Gasteiger partial charge in [-0.15, -0.1) is 10.2 Å². The van der Waals surface area contributed by atoms with Crippen LogP contribution in [0.4, 0.5) is 5.82 Å². The fourth-order valence-electron chi connectivity index (χ4n) is 2.94. The first-order valence-electron chi connectivity index (χ1n) is 8.74. The number of nitrogen functional groups attached to an aromatic ring is 1. The van der Waals surface area contributed by atoms with E-state index in [0.29, 0.717) is 17.5 Å². The second-order valence-corrected chi connectivity index (χ2v) is 6.51. The molecule has 6 nitrogen and oxygen atoms in total. The highest BCUT2D eigenvalue weighted by Gasteiger charge is 2.18. The molecule has 6 heteroatoms. The molecule has 2 N–H and O–H groups in total.